The van der Waals surface area contributed by atoms with Crippen molar-refractivity contribution < 1.29 is 9.84 Å². The lowest BCUT2D eigenvalue weighted by Crippen LogP contribution is -2.43. The highest BCUT2D eigenvalue weighted by Crippen LogP contribution is 2.27. The number of aliphatic hydroxyl groups is 1. The predicted molar refractivity (Wildman–Crippen MR) is 61.1 cm³/mol. The average Bonchev–Trinajstić information content (AvgIpc) is 2.73. The van der Waals surface area contributed by atoms with Crippen LogP contribution in [-0.4, -0.2) is 40.2 Å². The van der Waals surface area contributed by atoms with Gasteiger partial charge in [-0.2, -0.15) is 0 Å². The van der Waals surface area contributed by atoms with Gasteiger partial charge in [0.1, 0.15) is 5.60 Å². The molecule has 2 heterocycles. The van der Waals surface area contributed by atoms with Crippen LogP contribution in [0.4, 0.5) is 5.13 Å². The van der Waals surface area contributed by atoms with Crippen LogP contribution in [-0.2, 0) is 4.74 Å². The predicted octanol–water partition coefficient (Wildman–Crippen LogP) is 1.25. The van der Waals surface area contributed by atoms with Crippen molar-refractivity contribution in [2.24, 2.45) is 0 Å². The summed E-state index contributed by atoms with van der Waals surface area (Å²) in [5.41, 5.74) is -0.794. The van der Waals surface area contributed by atoms with Crippen LogP contribution in [0.3, 0.4) is 0 Å². The van der Waals surface area contributed by atoms with Gasteiger partial charge in [0.05, 0.1) is 6.10 Å². The van der Waals surface area contributed by atoms with Gasteiger partial charge in [-0.1, -0.05) is 11.3 Å². The molecule has 0 aromatic carbocycles. The molecule has 1 fully saturated rings. The molecule has 1 saturated heterocycles. The van der Waals surface area contributed by atoms with Gasteiger partial charge in [0.2, 0.25) is 5.13 Å². The zero-order chi connectivity index (χ0) is 10.9. The third-order valence-corrected chi connectivity index (χ3v) is 3.92. The van der Waals surface area contributed by atoms with Crippen LogP contribution in [0.25, 0.3) is 0 Å². The van der Waals surface area contributed by atoms with E-state index in [-0.39, 0.29) is 6.10 Å². The van der Waals surface area contributed by atoms with Crippen LogP contribution >= 0.6 is 27.3 Å². The highest BCUT2D eigenvalue weighted by atomic mass is 79.9. The number of anilines is 1. The summed E-state index contributed by atoms with van der Waals surface area (Å²) in [5, 5.41) is 21.7. The van der Waals surface area contributed by atoms with Gasteiger partial charge in [-0.15, -0.1) is 10.2 Å². The third-order valence-electron chi connectivity index (χ3n) is 2.61. The normalized spacial score (nSPS) is 30.7. The molecule has 0 bridgehead atoms. The monoisotopic (exact) mass is 293 g/mol. The molecule has 5 nitrogen and oxygen atoms in total. The summed E-state index contributed by atoms with van der Waals surface area (Å²) in [6.45, 7) is 2.93. The number of aromatic nitrogens is 2. The number of ether oxygens (including phenoxy) is 1. The Morgan fingerprint density at radius 3 is 3.07 bits per heavy atom. The number of hydrogen-bond donors (Lipinski definition) is 2. The van der Waals surface area contributed by atoms with E-state index in [0.29, 0.717) is 24.7 Å². The quantitative estimate of drug-likeness (QED) is 0.878. The third kappa shape index (κ3) is 2.47. The maximum Gasteiger partial charge on any atom is 0.206 e. The van der Waals surface area contributed by atoms with Crippen molar-refractivity contribution in [2.45, 2.75) is 25.0 Å². The van der Waals surface area contributed by atoms with Crippen LogP contribution < -0.4 is 5.32 Å². The summed E-state index contributed by atoms with van der Waals surface area (Å²) < 4.78 is 6.06. The van der Waals surface area contributed by atoms with Crippen molar-refractivity contribution >= 4 is 32.4 Å². The van der Waals surface area contributed by atoms with Gasteiger partial charge in [-0.05, 0) is 22.9 Å². The van der Waals surface area contributed by atoms with E-state index in [1.54, 1.807) is 0 Å². The SMILES string of the molecule is CC1OCCC1(O)CNc1nnc(Br)s1. The molecule has 1 aliphatic heterocycles. The molecule has 2 atom stereocenters. The van der Waals surface area contributed by atoms with Gasteiger partial charge < -0.3 is 15.2 Å². The summed E-state index contributed by atoms with van der Waals surface area (Å²) in [7, 11) is 0. The zero-order valence-corrected chi connectivity index (χ0v) is 10.6. The molecule has 15 heavy (non-hydrogen) atoms. The topological polar surface area (TPSA) is 67.3 Å². The lowest BCUT2D eigenvalue weighted by atomic mass is 9.97. The summed E-state index contributed by atoms with van der Waals surface area (Å²) in [6.07, 6.45) is 0.516. The molecule has 7 heteroatoms. The van der Waals surface area contributed by atoms with E-state index in [4.69, 9.17) is 4.74 Å². The van der Waals surface area contributed by atoms with Crippen LogP contribution in [0.1, 0.15) is 13.3 Å². The molecule has 1 aliphatic rings. The molecule has 0 spiro atoms. The minimum Gasteiger partial charge on any atom is -0.385 e. The van der Waals surface area contributed by atoms with Gasteiger partial charge in [-0.3, -0.25) is 0 Å². The number of rotatable bonds is 3. The lowest BCUT2D eigenvalue weighted by molar-refractivity contribution is -0.0176. The Labute approximate surface area is 100.0 Å². The fourth-order valence-electron chi connectivity index (χ4n) is 1.51. The summed E-state index contributed by atoms with van der Waals surface area (Å²) in [4.78, 5) is 0. The molecule has 2 rings (SSSR count). The minimum atomic E-state index is -0.794. The fraction of sp³-hybridized carbons (Fsp3) is 0.750. The standard InChI is InChI=1S/C8H12BrN3O2S/c1-5-8(13,2-3-14-5)4-10-7-12-11-6(9)15-7/h5,13H,2-4H2,1H3,(H,10,12). The highest BCUT2D eigenvalue weighted by Gasteiger charge is 2.39. The Balaban J connectivity index is 1.92. The second kappa shape index (κ2) is 4.32. The zero-order valence-electron chi connectivity index (χ0n) is 8.23. The molecule has 2 N–H and O–H groups in total. The summed E-state index contributed by atoms with van der Waals surface area (Å²) in [5.74, 6) is 0. The Kier molecular flexibility index (Phi) is 3.24. The largest absolute Gasteiger partial charge is 0.385 e. The van der Waals surface area contributed by atoms with Crippen molar-refractivity contribution in [3.05, 3.63) is 3.92 Å². The van der Waals surface area contributed by atoms with Crippen LogP contribution in [0.15, 0.2) is 3.92 Å². The first-order chi connectivity index (χ1) is 7.10. The molecule has 0 amide bonds. The van der Waals surface area contributed by atoms with E-state index in [9.17, 15) is 5.11 Å². The maximum atomic E-state index is 10.2. The Morgan fingerprint density at radius 1 is 1.73 bits per heavy atom. The van der Waals surface area contributed by atoms with E-state index < -0.39 is 5.60 Å². The Bertz CT molecular complexity index is 348. The molecule has 0 saturated carbocycles. The Hall–Kier alpha value is -0.240. The number of nitrogens with one attached hydrogen (secondary N) is 1. The molecule has 84 valence electrons. The van der Waals surface area contributed by atoms with Crippen molar-refractivity contribution in [3.8, 4) is 0 Å². The number of halogens is 1. The minimum absolute atomic E-state index is 0.138. The van der Waals surface area contributed by atoms with Crippen molar-refractivity contribution in [3.63, 3.8) is 0 Å². The Morgan fingerprint density at radius 2 is 2.53 bits per heavy atom. The number of hydrogen-bond acceptors (Lipinski definition) is 6. The summed E-state index contributed by atoms with van der Waals surface area (Å²) >= 11 is 4.63. The van der Waals surface area contributed by atoms with Gasteiger partial charge in [-0.25, -0.2) is 0 Å². The molecular weight excluding hydrogens is 282 g/mol. The molecule has 2 unspecified atom stereocenters. The lowest BCUT2D eigenvalue weighted by Gasteiger charge is -2.25. The first-order valence-electron chi connectivity index (χ1n) is 4.67. The molecule has 1 aromatic rings. The van der Waals surface area contributed by atoms with E-state index in [2.05, 4.69) is 31.4 Å². The molecule has 1 aromatic heterocycles. The van der Waals surface area contributed by atoms with Gasteiger partial charge in [0.15, 0.2) is 3.92 Å². The van der Waals surface area contributed by atoms with Gasteiger partial charge in [0.25, 0.3) is 0 Å². The fourth-order valence-corrected chi connectivity index (χ4v) is 2.51. The van der Waals surface area contributed by atoms with Gasteiger partial charge in [0, 0.05) is 19.6 Å². The van der Waals surface area contributed by atoms with E-state index in [1.165, 1.54) is 11.3 Å². The smallest absolute Gasteiger partial charge is 0.206 e. The van der Waals surface area contributed by atoms with E-state index >= 15 is 0 Å². The molecule has 0 aliphatic carbocycles. The molecular formula is C8H12BrN3O2S. The summed E-state index contributed by atoms with van der Waals surface area (Å²) in [6, 6.07) is 0. The maximum absolute atomic E-state index is 10.2. The van der Waals surface area contributed by atoms with Crippen molar-refractivity contribution in [2.75, 3.05) is 18.5 Å². The van der Waals surface area contributed by atoms with Crippen LogP contribution in [0.2, 0.25) is 0 Å². The van der Waals surface area contributed by atoms with E-state index in [1.807, 2.05) is 6.92 Å². The van der Waals surface area contributed by atoms with Crippen molar-refractivity contribution in [1.29, 1.82) is 0 Å². The highest BCUT2D eigenvalue weighted by molar-refractivity contribution is 9.11. The first kappa shape index (κ1) is 11.3. The van der Waals surface area contributed by atoms with Crippen molar-refractivity contribution in [1.82, 2.24) is 10.2 Å². The number of nitrogens with zero attached hydrogens (tertiary/aromatic N) is 2. The average molecular weight is 294 g/mol. The second-order valence-corrected chi connectivity index (χ2v) is 5.83. The van der Waals surface area contributed by atoms with E-state index in [0.717, 1.165) is 3.92 Å². The van der Waals surface area contributed by atoms with Crippen LogP contribution in [0, 0.1) is 0 Å². The first-order valence-corrected chi connectivity index (χ1v) is 6.28. The van der Waals surface area contributed by atoms with Gasteiger partial charge >= 0.3 is 0 Å². The molecule has 0 radical (unpaired) electrons. The second-order valence-electron chi connectivity index (χ2n) is 3.58. The van der Waals surface area contributed by atoms with Crippen LogP contribution in [0.5, 0.6) is 0 Å².